The maximum absolute atomic E-state index is 13.6. The van der Waals surface area contributed by atoms with E-state index in [2.05, 4.69) is 18.6 Å². The van der Waals surface area contributed by atoms with E-state index in [4.69, 9.17) is 0 Å². The number of halogens is 2. The molecule has 0 spiro atoms. The van der Waals surface area contributed by atoms with Crippen LogP contribution in [-0.2, 0) is 0 Å². The van der Waals surface area contributed by atoms with Crippen molar-refractivity contribution < 1.29 is 8.78 Å². The molecule has 3 heteroatoms. The number of hydrogen-bond donors (Lipinski definition) is 0. The van der Waals surface area contributed by atoms with Gasteiger partial charge in [-0.2, -0.15) is 0 Å². The molecule has 0 N–H and O–H groups in total. The Labute approximate surface area is 101 Å². The van der Waals surface area contributed by atoms with Gasteiger partial charge in [-0.25, -0.2) is 8.78 Å². The molecule has 0 aromatic heterocycles. The van der Waals surface area contributed by atoms with Crippen LogP contribution in [0.5, 0.6) is 0 Å². The van der Waals surface area contributed by atoms with Crippen LogP contribution in [0.3, 0.4) is 0 Å². The lowest BCUT2D eigenvalue weighted by atomic mass is 9.79. The van der Waals surface area contributed by atoms with Crippen molar-refractivity contribution >= 4 is 12.4 Å². The lowest BCUT2D eigenvalue weighted by Crippen LogP contribution is -2.11. The highest BCUT2D eigenvalue weighted by Crippen LogP contribution is 2.37. The Kier molecular flexibility index (Phi) is 3.55. The SMILES string of the molecule is C=Nc1c(F)cc(C2CCC(C)CC2)cc1F. The monoisotopic (exact) mass is 237 g/mol. The van der Waals surface area contributed by atoms with Crippen molar-refractivity contribution in [2.45, 2.75) is 38.5 Å². The Hall–Kier alpha value is -1.25. The van der Waals surface area contributed by atoms with Crippen LogP contribution in [-0.4, -0.2) is 6.72 Å². The lowest BCUT2D eigenvalue weighted by Gasteiger charge is -2.26. The van der Waals surface area contributed by atoms with Gasteiger partial charge >= 0.3 is 0 Å². The van der Waals surface area contributed by atoms with E-state index in [1.165, 1.54) is 12.1 Å². The van der Waals surface area contributed by atoms with Gasteiger partial charge in [-0.3, -0.25) is 4.99 Å². The van der Waals surface area contributed by atoms with Gasteiger partial charge in [0.15, 0.2) is 11.6 Å². The summed E-state index contributed by atoms with van der Waals surface area (Å²) in [7, 11) is 0. The Morgan fingerprint density at radius 1 is 1.12 bits per heavy atom. The highest BCUT2D eigenvalue weighted by molar-refractivity contribution is 5.49. The third-order valence-electron chi connectivity index (χ3n) is 3.68. The van der Waals surface area contributed by atoms with Gasteiger partial charge in [0.1, 0.15) is 5.69 Å². The van der Waals surface area contributed by atoms with Gasteiger partial charge < -0.3 is 0 Å². The first-order chi connectivity index (χ1) is 8.11. The first-order valence-electron chi connectivity index (χ1n) is 6.07. The maximum atomic E-state index is 13.6. The van der Waals surface area contributed by atoms with E-state index >= 15 is 0 Å². The number of nitrogens with zero attached hydrogens (tertiary/aromatic N) is 1. The summed E-state index contributed by atoms with van der Waals surface area (Å²) in [5.41, 5.74) is 0.497. The van der Waals surface area contributed by atoms with Crippen molar-refractivity contribution in [2.75, 3.05) is 0 Å². The Bertz CT molecular complexity index is 397. The minimum Gasteiger partial charge on any atom is -0.258 e. The molecule has 92 valence electrons. The number of rotatable bonds is 2. The van der Waals surface area contributed by atoms with E-state index in [0.29, 0.717) is 0 Å². The van der Waals surface area contributed by atoms with Crippen molar-refractivity contribution in [1.82, 2.24) is 0 Å². The second-order valence-electron chi connectivity index (χ2n) is 4.95. The van der Waals surface area contributed by atoms with E-state index in [1.807, 2.05) is 0 Å². The van der Waals surface area contributed by atoms with Crippen molar-refractivity contribution in [3.05, 3.63) is 29.3 Å². The molecular weight excluding hydrogens is 220 g/mol. The van der Waals surface area contributed by atoms with Gasteiger partial charge in [-0.1, -0.05) is 19.8 Å². The third-order valence-corrected chi connectivity index (χ3v) is 3.68. The van der Waals surface area contributed by atoms with Crippen molar-refractivity contribution in [1.29, 1.82) is 0 Å². The Morgan fingerprint density at radius 2 is 1.65 bits per heavy atom. The highest BCUT2D eigenvalue weighted by atomic mass is 19.1. The van der Waals surface area contributed by atoms with Crippen molar-refractivity contribution in [3.8, 4) is 0 Å². The molecular formula is C14H17F2N. The van der Waals surface area contributed by atoms with Crippen LogP contribution in [0.15, 0.2) is 17.1 Å². The molecule has 1 saturated carbocycles. The molecule has 0 amide bonds. The van der Waals surface area contributed by atoms with Gasteiger partial charge in [0, 0.05) is 0 Å². The maximum Gasteiger partial charge on any atom is 0.152 e. The van der Waals surface area contributed by atoms with E-state index in [9.17, 15) is 8.78 Å². The molecule has 1 aliphatic carbocycles. The molecule has 0 atom stereocenters. The van der Waals surface area contributed by atoms with Crippen LogP contribution >= 0.6 is 0 Å². The average Bonchev–Trinajstić information content (AvgIpc) is 2.29. The summed E-state index contributed by atoms with van der Waals surface area (Å²) in [6.45, 7) is 5.40. The zero-order valence-electron chi connectivity index (χ0n) is 10.0. The predicted octanol–water partition coefficient (Wildman–Crippen LogP) is 4.59. The first kappa shape index (κ1) is 12.2. The minimum atomic E-state index is -0.603. The number of benzene rings is 1. The third kappa shape index (κ3) is 2.54. The molecule has 1 aromatic rings. The summed E-state index contributed by atoms with van der Waals surface area (Å²) in [4.78, 5) is 3.37. The van der Waals surface area contributed by atoms with Crippen LogP contribution in [0, 0.1) is 17.6 Å². The fraction of sp³-hybridized carbons (Fsp3) is 0.500. The summed E-state index contributed by atoms with van der Waals surface area (Å²) in [6, 6.07) is 2.82. The number of aliphatic imine (C=N–C) groups is 1. The summed E-state index contributed by atoms with van der Waals surface area (Å²) in [5, 5.41) is 0. The smallest absolute Gasteiger partial charge is 0.152 e. The Balaban J connectivity index is 2.25. The zero-order chi connectivity index (χ0) is 12.4. The molecule has 0 radical (unpaired) electrons. The molecule has 17 heavy (non-hydrogen) atoms. The van der Waals surface area contributed by atoms with Crippen LogP contribution in [0.2, 0.25) is 0 Å². The van der Waals surface area contributed by atoms with E-state index in [0.717, 1.165) is 37.2 Å². The summed E-state index contributed by atoms with van der Waals surface area (Å²) in [6.07, 6.45) is 4.30. The second kappa shape index (κ2) is 4.94. The molecule has 1 aromatic carbocycles. The molecule has 1 aliphatic rings. The molecule has 0 unspecified atom stereocenters. The standard InChI is InChI=1S/C14H17F2N/c1-9-3-5-10(6-4-9)11-7-12(15)14(17-2)13(16)8-11/h7-10H,2-6H2,1H3. The van der Waals surface area contributed by atoms with Gasteiger partial charge in [0.2, 0.25) is 0 Å². The highest BCUT2D eigenvalue weighted by Gasteiger charge is 2.21. The van der Waals surface area contributed by atoms with Gasteiger partial charge in [0.25, 0.3) is 0 Å². The molecule has 0 heterocycles. The average molecular weight is 237 g/mol. The van der Waals surface area contributed by atoms with E-state index < -0.39 is 11.6 Å². The van der Waals surface area contributed by atoms with Crippen molar-refractivity contribution in [2.24, 2.45) is 10.9 Å². The topological polar surface area (TPSA) is 12.4 Å². The number of hydrogen-bond acceptors (Lipinski definition) is 1. The van der Waals surface area contributed by atoms with E-state index in [1.54, 1.807) is 0 Å². The largest absolute Gasteiger partial charge is 0.258 e. The fourth-order valence-corrected chi connectivity index (χ4v) is 2.57. The first-order valence-corrected chi connectivity index (χ1v) is 6.07. The normalized spacial score (nSPS) is 24.6. The van der Waals surface area contributed by atoms with Crippen LogP contribution < -0.4 is 0 Å². The molecule has 0 aliphatic heterocycles. The molecule has 0 bridgehead atoms. The summed E-state index contributed by atoms with van der Waals surface area (Å²) in [5.74, 6) is -0.189. The Morgan fingerprint density at radius 3 is 2.12 bits per heavy atom. The summed E-state index contributed by atoms with van der Waals surface area (Å²) < 4.78 is 27.1. The molecule has 1 nitrogen and oxygen atoms in total. The van der Waals surface area contributed by atoms with Gasteiger partial charge in [0.05, 0.1) is 0 Å². The minimum absolute atomic E-state index is 0.266. The van der Waals surface area contributed by atoms with Crippen LogP contribution in [0.25, 0.3) is 0 Å². The fourth-order valence-electron chi connectivity index (χ4n) is 2.57. The summed E-state index contributed by atoms with van der Waals surface area (Å²) >= 11 is 0. The van der Waals surface area contributed by atoms with Crippen LogP contribution in [0.4, 0.5) is 14.5 Å². The predicted molar refractivity (Wildman–Crippen MR) is 65.9 cm³/mol. The van der Waals surface area contributed by atoms with Crippen molar-refractivity contribution in [3.63, 3.8) is 0 Å². The quantitative estimate of drug-likeness (QED) is 0.667. The lowest BCUT2D eigenvalue weighted by molar-refractivity contribution is 0.346. The zero-order valence-corrected chi connectivity index (χ0v) is 10.0. The molecule has 0 saturated heterocycles. The van der Waals surface area contributed by atoms with E-state index in [-0.39, 0.29) is 11.6 Å². The van der Waals surface area contributed by atoms with Gasteiger partial charge in [-0.05, 0) is 49.1 Å². The molecule has 1 fully saturated rings. The second-order valence-corrected chi connectivity index (χ2v) is 4.95. The van der Waals surface area contributed by atoms with Gasteiger partial charge in [-0.15, -0.1) is 0 Å². The molecule has 2 rings (SSSR count). The van der Waals surface area contributed by atoms with Crippen LogP contribution in [0.1, 0.15) is 44.1 Å².